The lowest BCUT2D eigenvalue weighted by atomic mass is 10.2. The van der Waals surface area contributed by atoms with Crippen LogP contribution >= 0.6 is 0 Å². The molecule has 1 rings (SSSR count). The molecule has 126 valence electrons. The summed E-state index contributed by atoms with van der Waals surface area (Å²) in [5.74, 6) is 0. The van der Waals surface area contributed by atoms with Crippen molar-refractivity contribution in [2.24, 2.45) is 0 Å². The summed E-state index contributed by atoms with van der Waals surface area (Å²) in [5, 5.41) is 2.18. The predicted octanol–water partition coefficient (Wildman–Crippen LogP) is 4.34. The lowest BCUT2D eigenvalue weighted by Gasteiger charge is -2.28. The van der Waals surface area contributed by atoms with Crippen LogP contribution in [0.4, 0.5) is 0 Å². The Morgan fingerprint density at radius 2 is 1.78 bits per heavy atom. The van der Waals surface area contributed by atoms with Gasteiger partial charge >= 0.3 is 0 Å². The van der Waals surface area contributed by atoms with Gasteiger partial charge in [0.1, 0.15) is 0 Å². The predicted molar refractivity (Wildman–Crippen MR) is 102 cm³/mol. The summed E-state index contributed by atoms with van der Waals surface area (Å²) < 4.78 is 26.3. The van der Waals surface area contributed by atoms with Gasteiger partial charge in [-0.2, -0.15) is 4.31 Å². The minimum Gasteiger partial charge on any atom is -0.208 e. The Kier molecular flexibility index (Phi) is 6.74. The van der Waals surface area contributed by atoms with Gasteiger partial charge in [-0.3, -0.25) is 0 Å². The maximum Gasteiger partial charge on any atom is 0.236 e. The number of benzene rings is 1. The molecule has 0 heterocycles. The van der Waals surface area contributed by atoms with Gasteiger partial charge in [-0.15, -0.1) is 0 Å². The molecule has 5 heteroatoms. The first-order valence-electron chi connectivity index (χ1n) is 7.59. The van der Waals surface area contributed by atoms with Crippen molar-refractivity contribution in [2.75, 3.05) is 6.54 Å². The van der Waals surface area contributed by atoms with Gasteiger partial charge < -0.3 is 0 Å². The molecule has 1 aromatic rings. The van der Waals surface area contributed by atoms with E-state index < -0.39 is 18.1 Å². The Bertz CT molecular complexity index is 685. The highest BCUT2D eigenvalue weighted by molar-refractivity contribution is 7.92. The summed E-state index contributed by atoms with van der Waals surface area (Å²) in [6.45, 7) is 16.7. The van der Waals surface area contributed by atoms with Gasteiger partial charge in [-0.25, -0.2) is 8.42 Å². The highest BCUT2D eigenvalue weighted by Crippen LogP contribution is 2.21. The largest absolute Gasteiger partial charge is 0.236 e. The zero-order chi connectivity index (χ0) is 17.7. The summed E-state index contributed by atoms with van der Waals surface area (Å²) in [6, 6.07) is 9.61. The van der Waals surface area contributed by atoms with Crippen LogP contribution in [0.25, 0.3) is 0 Å². The fourth-order valence-corrected chi connectivity index (χ4v) is 4.43. The van der Waals surface area contributed by atoms with Crippen molar-refractivity contribution >= 4 is 18.1 Å². The molecular formula is C18H27NO2SSi. The van der Waals surface area contributed by atoms with E-state index in [0.717, 1.165) is 21.7 Å². The van der Waals surface area contributed by atoms with Crippen molar-refractivity contribution in [2.45, 2.75) is 33.1 Å². The molecule has 0 bridgehead atoms. The van der Waals surface area contributed by atoms with E-state index in [-0.39, 0.29) is 0 Å². The van der Waals surface area contributed by atoms with Gasteiger partial charge in [-0.05, 0) is 12.5 Å². The van der Waals surface area contributed by atoms with E-state index in [0.29, 0.717) is 13.1 Å². The van der Waals surface area contributed by atoms with Crippen molar-refractivity contribution < 1.29 is 8.42 Å². The summed E-state index contributed by atoms with van der Waals surface area (Å²) >= 11 is 0. The molecule has 0 aliphatic carbocycles. The molecule has 0 aliphatic rings. The van der Waals surface area contributed by atoms with E-state index in [9.17, 15) is 8.42 Å². The van der Waals surface area contributed by atoms with Crippen molar-refractivity contribution in [1.29, 1.82) is 0 Å². The first-order valence-corrected chi connectivity index (χ1v) is 12.6. The molecule has 0 amide bonds. The van der Waals surface area contributed by atoms with E-state index in [1.165, 1.54) is 4.31 Å². The number of sulfonamides is 1. The molecule has 3 nitrogen and oxygen atoms in total. The molecule has 0 fully saturated rings. The van der Waals surface area contributed by atoms with Crippen LogP contribution in [0.2, 0.25) is 19.6 Å². The van der Waals surface area contributed by atoms with Crippen LogP contribution in [0.5, 0.6) is 0 Å². The average molecular weight is 350 g/mol. The summed E-state index contributed by atoms with van der Waals surface area (Å²) in [7, 11) is -5.16. The third kappa shape index (κ3) is 6.29. The van der Waals surface area contributed by atoms with E-state index in [1.807, 2.05) is 43.3 Å². The Labute approximate surface area is 142 Å². The van der Waals surface area contributed by atoms with Crippen molar-refractivity contribution in [1.82, 2.24) is 4.31 Å². The molecule has 0 unspecified atom stereocenters. The first kappa shape index (κ1) is 19.6. The molecule has 1 aromatic carbocycles. The van der Waals surface area contributed by atoms with Crippen molar-refractivity contribution in [3.05, 3.63) is 71.3 Å². The molecule has 23 heavy (non-hydrogen) atoms. The molecular weight excluding hydrogens is 322 g/mol. The number of nitrogens with zero attached hydrogens (tertiary/aromatic N) is 1. The fraction of sp³-hybridized carbons (Fsp3) is 0.333. The minimum atomic E-state index is -3.50. The van der Waals surface area contributed by atoms with Crippen molar-refractivity contribution in [3.63, 3.8) is 0 Å². The van der Waals surface area contributed by atoms with Crippen molar-refractivity contribution in [3.8, 4) is 0 Å². The first-order chi connectivity index (χ1) is 10.6. The van der Waals surface area contributed by atoms with Crippen LogP contribution in [-0.2, 0) is 16.6 Å². The molecule has 0 spiro atoms. The zero-order valence-corrected chi connectivity index (χ0v) is 16.4. The number of allylic oxidation sites excluding steroid dienone is 2. The van der Waals surface area contributed by atoms with Crippen LogP contribution in [0.15, 0.2) is 65.7 Å². The SMILES string of the molecule is C=CS(=O)(=O)N(C/C(=C/C(=C)C)[Si](C)(C)C)Cc1ccccc1. The molecule has 0 aromatic heterocycles. The molecule has 0 saturated heterocycles. The van der Waals surface area contributed by atoms with Crippen LogP contribution in [0.3, 0.4) is 0 Å². The lowest BCUT2D eigenvalue weighted by Crippen LogP contribution is -2.37. The molecule has 0 saturated carbocycles. The summed E-state index contributed by atoms with van der Waals surface area (Å²) in [4.78, 5) is 0. The Morgan fingerprint density at radius 3 is 2.22 bits per heavy atom. The summed E-state index contributed by atoms with van der Waals surface area (Å²) in [6.07, 6.45) is 2.03. The topological polar surface area (TPSA) is 37.4 Å². The van der Waals surface area contributed by atoms with Crippen LogP contribution < -0.4 is 0 Å². The maximum absolute atomic E-state index is 12.4. The standard InChI is InChI=1S/C18H27NO2SSi/c1-7-22(20,21)19(14-17-11-9-8-10-12-17)15-18(13-16(2)3)23(4,5)6/h7-13H,1-2,14-15H2,3-6H3/b18-13-. The van der Waals surface area contributed by atoms with E-state index in [2.05, 4.69) is 32.8 Å². The van der Waals surface area contributed by atoms with Crippen LogP contribution in [0.1, 0.15) is 12.5 Å². The second-order valence-corrected chi connectivity index (χ2v) is 13.8. The van der Waals surface area contributed by atoms with Crippen LogP contribution in [0, 0.1) is 0 Å². The van der Waals surface area contributed by atoms with Gasteiger partial charge in [0.25, 0.3) is 0 Å². The van der Waals surface area contributed by atoms with Gasteiger partial charge in [-0.1, -0.05) is 80.0 Å². The Hall–Kier alpha value is -1.43. The molecule has 0 N–H and O–H groups in total. The van der Waals surface area contributed by atoms with E-state index in [4.69, 9.17) is 0 Å². The Morgan fingerprint density at radius 1 is 1.22 bits per heavy atom. The minimum absolute atomic E-state index is 0.340. The second kappa shape index (κ2) is 7.90. The smallest absolute Gasteiger partial charge is 0.208 e. The van der Waals surface area contributed by atoms with E-state index in [1.54, 1.807) is 0 Å². The van der Waals surface area contributed by atoms with Crippen LogP contribution in [-0.4, -0.2) is 27.3 Å². The van der Waals surface area contributed by atoms with E-state index >= 15 is 0 Å². The quantitative estimate of drug-likeness (QED) is 0.517. The van der Waals surface area contributed by atoms with Gasteiger partial charge in [0.05, 0.1) is 8.07 Å². The summed E-state index contributed by atoms with van der Waals surface area (Å²) in [5.41, 5.74) is 1.90. The van der Waals surface area contributed by atoms with Gasteiger partial charge in [0.2, 0.25) is 10.0 Å². The third-order valence-corrected chi connectivity index (χ3v) is 7.13. The second-order valence-electron chi connectivity index (χ2n) is 6.73. The average Bonchev–Trinajstić information content (AvgIpc) is 2.45. The Balaban J connectivity index is 3.20. The third-order valence-electron chi connectivity index (χ3n) is 3.50. The molecule has 0 atom stereocenters. The number of rotatable bonds is 8. The monoisotopic (exact) mass is 349 g/mol. The normalized spacial score (nSPS) is 13.2. The van der Waals surface area contributed by atoms with Gasteiger partial charge in [0, 0.05) is 18.5 Å². The molecule has 0 radical (unpaired) electrons. The number of hydrogen-bond acceptors (Lipinski definition) is 2. The fourth-order valence-electron chi connectivity index (χ4n) is 2.12. The zero-order valence-electron chi connectivity index (χ0n) is 14.5. The maximum atomic E-state index is 12.4. The van der Waals surface area contributed by atoms with Gasteiger partial charge in [0.15, 0.2) is 0 Å². The number of hydrogen-bond donors (Lipinski definition) is 0. The molecule has 0 aliphatic heterocycles. The lowest BCUT2D eigenvalue weighted by molar-refractivity contribution is 0.442. The highest BCUT2D eigenvalue weighted by atomic mass is 32.2. The highest BCUT2D eigenvalue weighted by Gasteiger charge is 2.26.